The van der Waals surface area contributed by atoms with Crippen molar-refractivity contribution in [3.63, 3.8) is 0 Å². The molecule has 1 aliphatic rings. The first-order chi connectivity index (χ1) is 13.3. The zero-order chi connectivity index (χ0) is 20.8. The molecule has 0 spiro atoms. The fourth-order valence-electron chi connectivity index (χ4n) is 2.58. The van der Waals surface area contributed by atoms with E-state index in [-0.39, 0.29) is 36.6 Å². The van der Waals surface area contributed by atoms with Crippen LogP contribution in [0.15, 0.2) is 11.1 Å². The normalized spacial score (nSPS) is 23.8. The van der Waals surface area contributed by atoms with Gasteiger partial charge in [0.25, 0.3) is 5.56 Å². The van der Waals surface area contributed by atoms with Gasteiger partial charge in [0.2, 0.25) is 5.95 Å². The average molecular weight is 401 g/mol. The molecule has 2 aromatic rings. The van der Waals surface area contributed by atoms with Crippen LogP contribution in [-0.2, 0) is 9.53 Å². The lowest BCUT2D eigenvalue weighted by atomic mass is 10.2. The minimum Gasteiger partial charge on any atom is -0.394 e. The number of aldehydes is 1. The van der Waals surface area contributed by atoms with E-state index in [0.29, 0.717) is 6.29 Å². The van der Waals surface area contributed by atoms with Crippen molar-refractivity contribution in [1.29, 1.82) is 0 Å². The van der Waals surface area contributed by atoms with Crippen molar-refractivity contribution in [3.8, 4) is 0 Å². The number of nitrogens with two attached hydrogens (primary N) is 1. The molecule has 1 saturated heterocycles. The first-order valence-corrected chi connectivity index (χ1v) is 8.39. The Morgan fingerprint density at radius 2 is 2.11 bits per heavy atom. The molecule has 3 heterocycles. The summed E-state index contributed by atoms with van der Waals surface area (Å²) in [6.07, 6.45) is -2.25. The summed E-state index contributed by atoms with van der Waals surface area (Å²) >= 11 is 0. The number of nitrogens with zero attached hydrogens (tertiary/aromatic N) is 3. The van der Waals surface area contributed by atoms with Gasteiger partial charge in [0, 0.05) is 12.8 Å². The second-order valence-corrected chi connectivity index (χ2v) is 6.11. The Balaban J connectivity index is 0.000000266. The molecule has 0 amide bonds. The zero-order valence-electron chi connectivity index (χ0n) is 14.7. The van der Waals surface area contributed by atoms with Gasteiger partial charge in [0.05, 0.1) is 31.7 Å². The largest absolute Gasteiger partial charge is 0.394 e. The van der Waals surface area contributed by atoms with E-state index in [1.54, 1.807) is 0 Å². The number of nitrogens with one attached hydrogen (secondary N) is 1. The molecule has 1 aliphatic heterocycles. The van der Waals surface area contributed by atoms with E-state index < -0.39 is 42.8 Å². The number of aliphatic hydroxyl groups excluding tert-OH is 5. The number of ether oxygens (including phenoxy) is 1. The molecule has 0 aromatic carbocycles. The Bertz CT molecular complexity index is 839. The van der Waals surface area contributed by atoms with E-state index in [2.05, 4.69) is 15.0 Å². The number of imidazole rings is 1. The monoisotopic (exact) mass is 401 g/mol. The summed E-state index contributed by atoms with van der Waals surface area (Å²) in [6.45, 7) is -0.796. The van der Waals surface area contributed by atoms with E-state index >= 15 is 0 Å². The van der Waals surface area contributed by atoms with Crippen LogP contribution in [0.1, 0.15) is 19.1 Å². The number of aliphatic hydroxyl groups is 5. The maximum atomic E-state index is 11.6. The van der Waals surface area contributed by atoms with Crippen LogP contribution >= 0.6 is 0 Å². The van der Waals surface area contributed by atoms with Crippen molar-refractivity contribution < 1.29 is 35.1 Å². The summed E-state index contributed by atoms with van der Waals surface area (Å²) in [5, 5.41) is 44.2. The molecular weight excluding hydrogens is 378 g/mol. The predicted octanol–water partition coefficient (Wildman–Crippen LogP) is -3.37. The highest BCUT2D eigenvalue weighted by Gasteiger charge is 2.35. The van der Waals surface area contributed by atoms with Crippen LogP contribution in [0.25, 0.3) is 11.2 Å². The van der Waals surface area contributed by atoms with Gasteiger partial charge in [0.1, 0.15) is 24.7 Å². The van der Waals surface area contributed by atoms with Crippen LogP contribution in [-0.4, -0.2) is 89.0 Å². The lowest BCUT2D eigenvalue weighted by molar-refractivity contribution is -0.111. The van der Waals surface area contributed by atoms with Crippen molar-refractivity contribution >= 4 is 23.4 Å². The van der Waals surface area contributed by atoms with Crippen molar-refractivity contribution in [2.24, 2.45) is 0 Å². The van der Waals surface area contributed by atoms with Crippen LogP contribution in [0.5, 0.6) is 0 Å². The first-order valence-electron chi connectivity index (χ1n) is 8.39. The minimum atomic E-state index is -1.20. The van der Waals surface area contributed by atoms with Crippen LogP contribution in [0.2, 0.25) is 0 Å². The number of H-pyrrole nitrogens is 1. The Hall–Kier alpha value is -2.42. The van der Waals surface area contributed by atoms with Gasteiger partial charge in [-0.25, -0.2) is 4.98 Å². The molecule has 3 rings (SSSR count). The highest BCUT2D eigenvalue weighted by Crippen LogP contribution is 2.30. The number of rotatable bonds is 6. The van der Waals surface area contributed by atoms with E-state index in [1.807, 2.05) is 0 Å². The van der Waals surface area contributed by atoms with Gasteiger partial charge in [-0.15, -0.1) is 0 Å². The maximum Gasteiger partial charge on any atom is 0.280 e. The number of anilines is 1. The second kappa shape index (κ2) is 9.68. The number of carbonyl (C=O) groups excluding carboxylic acids is 1. The third-order valence-electron chi connectivity index (χ3n) is 4.11. The predicted molar refractivity (Wildman–Crippen MR) is 94.0 cm³/mol. The van der Waals surface area contributed by atoms with E-state index in [9.17, 15) is 14.7 Å². The number of aromatic nitrogens is 4. The summed E-state index contributed by atoms with van der Waals surface area (Å²) in [7, 11) is 0. The molecule has 2 aromatic heterocycles. The average Bonchev–Trinajstić information content (AvgIpc) is 3.24. The quantitative estimate of drug-likeness (QED) is 0.237. The van der Waals surface area contributed by atoms with Crippen molar-refractivity contribution in [1.82, 2.24) is 19.5 Å². The van der Waals surface area contributed by atoms with Gasteiger partial charge >= 0.3 is 0 Å². The van der Waals surface area contributed by atoms with Crippen molar-refractivity contribution in [2.75, 3.05) is 18.9 Å². The lowest BCUT2D eigenvalue weighted by Crippen LogP contribution is -2.29. The molecule has 1 fully saturated rings. The third kappa shape index (κ3) is 4.89. The van der Waals surface area contributed by atoms with Crippen LogP contribution in [0.4, 0.5) is 5.95 Å². The maximum absolute atomic E-state index is 11.6. The molecule has 8 N–H and O–H groups in total. The standard InChI is InChI=1S/C10H13N5O4.C5H10O4/c11-10-13-8-7(9(18)14-10)12-3-15(8)6-1-4(17)5(2-16)19-6;6-2-1-4(8)5(9)3-7/h3-6,16-17H,1-2H2,(H3,11,13,14,18);2,4-5,7-9H,1,3H2/t4-,5+,6+;4-,5+/m00/s1. The topological polar surface area (TPSA) is 217 Å². The summed E-state index contributed by atoms with van der Waals surface area (Å²) in [5.41, 5.74) is 5.50. The zero-order valence-corrected chi connectivity index (χ0v) is 14.7. The fraction of sp³-hybridized carbons (Fsp3) is 0.600. The summed E-state index contributed by atoms with van der Waals surface area (Å²) < 4.78 is 7.01. The molecule has 13 heteroatoms. The Kier molecular flexibility index (Phi) is 7.56. The SMILES string of the molecule is Nc1nc2c(ncn2[C@H]2C[C@H](O)[C@@H](CO)O2)c(=O)[nH]1.O=CC[C@H](O)[C@H](O)CO. The number of carbonyl (C=O) groups is 1. The number of aromatic amines is 1. The van der Waals surface area contributed by atoms with Gasteiger partial charge in [0.15, 0.2) is 11.2 Å². The van der Waals surface area contributed by atoms with Gasteiger partial charge in [-0.05, 0) is 0 Å². The molecule has 0 saturated carbocycles. The molecule has 0 aliphatic carbocycles. The van der Waals surface area contributed by atoms with Gasteiger partial charge in [-0.3, -0.25) is 14.3 Å². The van der Waals surface area contributed by atoms with Gasteiger partial charge in [-0.2, -0.15) is 4.98 Å². The minimum absolute atomic E-state index is 0.0171. The lowest BCUT2D eigenvalue weighted by Gasteiger charge is -2.13. The molecule has 0 bridgehead atoms. The van der Waals surface area contributed by atoms with Crippen LogP contribution in [0.3, 0.4) is 0 Å². The molecule has 5 atom stereocenters. The van der Waals surface area contributed by atoms with Gasteiger partial charge in [-0.1, -0.05) is 0 Å². The summed E-state index contributed by atoms with van der Waals surface area (Å²) in [4.78, 5) is 31.6. The number of hydrogen-bond acceptors (Lipinski definition) is 11. The highest BCUT2D eigenvalue weighted by atomic mass is 16.5. The first kappa shape index (κ1) is 21.9. The summed E-state index contributed by atoms with van der Waals surface area (Å²) in [5.74, 6) is -0.0171. The summed E-state index contributed by atoms with van der Waals surface area (Å²) in [6, 6.07) is 0. The third-order valence-corrected chi connectivity index (χ3v) is 4.11. The van der Waals surface area contributed by atoms with E-state index in [1.165, 1.54) is 10.9 Å². The molecule has 28 heavy (non-hydrogen) atoms. The van der Waals surface area contributed by atoms with Crippen LogP contribution < -0.4 is 11.3 Å². The highest BCUT2D eigenvalue weighted by molar-refractivity contribution is 5.70. The second-order valence-electron chi connectivity index (χ2n) is 6.11. The van der Waals surface area contributed by atoms with Gasteiger partial charge < -0.3 is 40.8 Å². The van der Waals surface area contributed by atoms with Crippen LogP contribution in [0, 0.1) is 0 Å². The van der Waals surface area contributed by atoms with Crippen molar-refractivity contribution in [3.05, 3.63) is 16.7 Å². The Morgan fingerprint density at radius 1 is 1.39 bits per heavy atom. The Morgan fingerprint density at radius 3 is 2.68 bits per heavy atom. The number of nitrogen functional groups attached to an aromatic ring is 1. The smallest absolute Gasteiger partial charge is 0.280 e. The van der Waals surface area contributed by atoms with E-state index in [4.69, 9.17) is 30.9 Å². The fourth-order valence-corrected chi connectivity index (χ4v) is 2.58. The molecule has 0 radical (unpaired) electrons. The number of hydrogen-bond donors (Lipinski definition) is 7. The van der Waals surface area contributed by atoms with E-state index in [0.717, 1.165) is 0 Å². The van der Waals surface area contributed by atoms with Crippen molar-refractivity contribution in [2.45, 2.75) is 43.5 Å². The molecule has 0 unspecified atom stereocenters. The molecule has 13 nitrogen and oxygen atoms in total. The molecule has 156 valence electrons. The Labute approximate surface area is 158 Å². The molecular formula is C15H23N5O8. The number of fused-ring (bicyclic) bond motifs is 1.